The summed E-state index contributed by atoms with van der Waals surface area (Å²) < 4.78 is 3.61. The van der Waals surface area contributed by atoms with Gasteiger partial charge in [0.2, 0.25) is 0 Å². The number of aryl methyl sites for hydroxylation is 2. The molecule has 1 N–H and O–H groups in total. The summed E-state index contributed by atoms with van der Waals surface area (Å²) in [6.45, 7) is 10.3. The van der Waals surface area contributed by atoms with Crippen molar-refractivity contribution in [3.63, 3.8) is 0 Å². The van der Waals surface area contributed by atoms with Gasteiger partial charge in [0, 0.05) is 25.5 Å². The number of nitrogens with one attached hydrogen (secondary N) is 1. The van der Waals surface area contributed by atoms with Crippen LogP contribution in [-0.2, 0) is 13.1 Å². The lowest BCUT2D eigenvalue weighted by Crippen LogP contribution is -2.25. The Balaban J connectivity index is 2.21. The normalized spacial score (nSPS) is 11.3. The number of hydrogen-bond donors (Lipinski definition) is 1. The van der Waals surface area contributed by atoms with Gasteiger partial charge in [0.25, 0.3) is 0 Å². The Morgan fingerprint density at radius 3 is 2.44 bits per heavy atom. The molecule has 0 saturated heterocycles. The van der Waals surface area contributed by atoms with Crippen molar-refractivity contribution in [2.45, 2.75) is 53.1 Å². The zero-order valence-corrected chi connectivity index (χ0v) is 12.0. The van der Waals surface area contributed by atoms with Crippen LogP contribution in [0.25, 0.3) is 0 Å². The Bertz CT molecular complexity index is 379. The topological polar surface area (TPSA) is 39.0 Å². The summed E-state index contributed by atoms with van der Waals surface area (Å²) in [6, 6.07) is 0. The van der Waals surface area contributed by atoms with Gasteiger partial charge in [-0.3, -0.25) is 9.13 Å². The van der Waals surface area contributed by atoms with Gasteiger partial charge in [-0.25, -0.2) is 4.79 Å². The van der Waals surface area contributed by atoms with Crippen LogP contribution in [0, 0.1) is 5.92 Å². The van der Waals surface area contributed by atoms with E-state index in [1.165, 1.54) is 0 Å². The molecule has 0 radical (unpaired) electrons. The molecular formula is C14H27N3O. The fourth-order valence-corrected chi connectivity index (χ4v) is 1.96. The van der Waals surface area contributed by atoms with Crippen molar-refractivity contribution in [2.24, 2.45) is 5.92 Å². The molecule has 1 heterocycles. The van der Waals surface area contributed by atoms with Gasteiger partial charge in [-0.15, -0.1) is 0 Å². The van der Waals surface area contributed by atoms with Crippen molar-refractivity contribution in [1.82, 2.24) is 14.5 Å². The molecule has 1 aromatic heterocycles. The number of aromatic nitrogens is 2. The van der Waals surface area contributed by atoms with Crippen molar-refractivity contribution in [1.29, 1.82) is 0 Å². The van der Waals surface area contributed by atoms with Gasteiger partial charge in [0.15, 0.2) is 0 Å². The third-order valence-corrected chi connectivity index (χ3v) is 2.94. The van der Waals surface area contributed by atoms with Crippen molar-refractivity contribution >= 4 is 0 Å². The van der Waals surface area contributed by atoms with E-state index in [1.54, 1.807) is 4.57 Å². The van der Waals surface area contributed by atoms with Crippen molar-refractivity contribution in [3.05, 3.63) is 22.9 Å². The molecule has 0 fully saturated rings. The maximum atomic E-state index is 11.9. The quantitative estimate of drug-likeness (QED) is 0.684. The van der Waals surface area contributed by atoms with Gasteiger partial charge >= 0.3 is 5.69 Å². The first-order valence-electron chi connectivity index (χ1n) is 7.11. The van der Waals surface area contributed by atoms with Crippen LogP contribution in [0.4, 0.5) is 0 Å². The molecule has 0 unspecified atom stereocenters. The standard InChI is InChI=1S/C14H27N3O/c1-4-8-16-10-11-17(14(16)18)9-6-5-7-15-12-13(2)3/h10-11,13,15H,4-9,12H2,1-3H3. The molecule has 0 bridgehead atoms. The highest BCUT2D eigenvalue weighted by Crippen LogP contribution is 1.95. The van der Waals surface area contributed by atoms with E-state index in [0.29, 0.717) is 5.92 Å². The minimum absolute atomic E-state index is 0.131. The molecule has 0 aliphatic heterocycles. The molecule has 4 heteroatoms. The zero-order valence-electron chi connectivity index (χ0n) is 12.0. The summed E-state index contributed by atoms with van der Waals surface area (Å²) in [5, 5.41) is 3.42. The summed E-state index contributed by atoms with van der Waals surface area (Å²) in [5.41, 5.74) is 0.131. The summed E-state index contributed by atoms with van der Waals surface area (Å²) in [6.07, 6.45) is 6.98. The lowest BCUT2D eigenvalue weighted by molar-refractivity contribution is 0.512. The van der Waals surface area contributed by atoms with Crippen LogP contribution in [0.1, 0.15) is 40.0 Å². The molecule has 0 aliphatic carbocycles. The minimum atomic E-state index is 0.131. The highest BCUT2D eigenvalue weighted by atomic mass is 16.1. The van der Waals surface area contributed by atoms with Crippen LogP contribution in [0.15, 0.2) is 17.2 Å². The van der Waals surface area contributed by atoms with E-state index in [1.807, 2.05) is 17.0 Å². The monoisotopic (exact) mass is 253 g/mol. The lowest BCUT2D eigenvalue weighted by Gasteiger charge is -2.07. The number of rotatable bonds is 9. The second-order valence-corrected chi connectivity index (χ2v) is 5.27. The molecule has 0 saturated carbocycles. The van der Waals surface area contributed by atoms with Crippen LogP contribution < -0.4 is 11.0 Å². The van der Waals surface area contributed by atoms with E-state index < -0.39 is 0 Å². The largest absolute Gasteiger partial charge is 0.328 e. The molecule has 0 spiro atoms. The Morgan fingerprint density at radius 1 is 1.17 bits per heavy atom. The van der Waals surface area contributed by atoms with Crippen molar-refractivity contribution in [2.75, 3.05) is 13.1 Å². The average Bonchev–Trinajstić information content (AvgIpc) is 2.66. The average molecular weight is 253 g/mol. The van der Waals surface area contributed by atoms with E-state index in [9.17, 15) is 4.79 Å². The second-order valence-electron chi connectivity index (χ2n) is 5.27. The van der Waals surface area contributed by atoms with Crippen LogP contribution in [-0.4, -0.2) is 22.2 Å². The minimum Gasteiger partial charge on any atom is -0.316 e. The fourth-order valence-electron chi connectivity index (χ4n) is 1.96. The summed E-state index contributed by atoms with van der Waals surface area (Å²) in [5.74, 6) is 0.704. The highest BCUT2D eigenvalue weighted by molar-refractivity contribution is 4.81. The van der Waals surface area contributed by atoms with Crippen LogP contribution in [0.3, 0.4) is 0 Å². The third-order valence-electron chi connectivity index (χ3n) is 2.94. The third kappa shape index (κ3) is 5.08. The second kappa shape index (κ2) is 8.14. The van der Waals surface area contributed by atoms with Gasteiger partial charge in [-0.1, -0.05) is 20.8 Å². The van der Waals surface area contributed by atoms with E-state index in [4.69, 9.17) is 0 Å². The van der Waals surface area contributed by atoms with Gasteiger partial charge in [0.05, 0.1) is 0 Å². The molecule has 0 aliphatic rings. The molecule has 0 atom stereocenters. The summed E-state index contributed by atoms with van der Waals surface area (Å²) in [7, 11) is 0. The first-order valence-corrected chi connectivity index (χ1v) is 7.11. The first kappa shape index (κ1) is 15.0. The maximum Gasteiger partial charge on any atom is 0.328 e. The van der Waals surface area contributed by atoms with E-state index in [0.717, 1.165) is 45.4 Å². The summed E-state index contributed by atoms with van der Waals surface area (Å²) >= 11 is 0. The number of unbranched alkanes of at least 4 members (excludes halogenated alkanes) is 1. The molecule has 18 heavy (non-hydrogen) atoms. The molecule has 104 valence electrons. The predicted octanol–water partition coefficient (Wildman–Crippen LogP) is 2.09. The Labute approximate surface area is 110 Å². The molecule has 1 aromatic rings. The predicted molar refractivity (Wildman–Crippen MR) is 75.9 cm³/mol. The molecule has 0 amide bonds. The number of nitrogens with zero attached hydrogens (tertiary/aromatic N) is 2. The highest BCUT2D eigenvalue weighted by Gasteiger charge is 2.01. The fraction of sp³-hybridized carbons (Fsp3) is 0.786. The van der Waals surface area contributed by atoms with Gasteiger partial charge < -0.3 is 5.32 Å². The van der Waals surface area contributed by atoms with Gasteiger partial charge in [0.1, 0.15) is 0 Å². The van der Waals surface area contributed by atoms with Crippen LogP contribution >= 0.6 is 0 Å². The van der Waals surface area contributed by atoms with Crippen molar-refractivity contribution < 1.29 is 0 Å². The lowest BCUT2D eigenvalue weighted by atomic mass is 10.2. The smallest absolute Gasteiger partial charge is 0.316 e. The summed E-state index contributed by atoms with van der Waals surface area (Å²) in [4.78, 5) is 11.9. The Hall–Kier alpha value is -1.03. The molecular weight excluding hydrogens is 226 g/mol. The molecule has 4 nitrogen and oxygen atoms in total. The van der Waals surface area contributed by atoms with Crippen LogP contribution in [0.5, 0.6) is 0 Å². The first-order chi connectivity index (χ1) is 8.65. The number of hydrogen-bond acceptors (Lipinski definition) is 2. The maximum absolute atomic E-state index is 11.9. The van der Waals surface area contributed by atoms with Crippen molar-refractivity contribution in [3.8, 4) is 0 Å². The van der Waals surface area contributed by atoms with Crippen LogP contribution in [0.2, 0.25) is 0 Å². The Morgan fingerprint density at radius 2 is 1.83 bits per heavy atom. The number of imidazole rings is 1. The molecule has 1 rings (SSSR count). The van der Waals surface area contributed by atoms with Gasteiger partial charge in [-0.05, 0) is 38.3 Å². The van der Waals surface area contributed by atoms with E-state index in [2.05, 4.69) is 26.1 Å². The zero-order chi connectivity index (χ0) is 13.4. The van der Waals surface area contributed by atoms with Gasteiger partial charge in [-0.2, -0.15) is 0 Å². The SMILES string of the molecule is CCCn1ccn(CCCCNCC(C)C)c1=O. The Kier molecular flexibility index (Phi) is 6.80. The van der Waals surface area contributed by atoms with E-state index in [-0.39, 0.29) is 5.69 Å². The van der Waals surface area contributed by atoms with E-state index >= 15 is 0 Å². The molecule has 0 aromatic carbocycles.